The van der Waals surface area contributed by atoms with Crippen molar-refractivity contribution in [3.05, 3.63) is 47.6 Å². The minimum Gasteiger partial charge on any atom is -0.741 e. The fourth-order valence-electron chi connectivity index (χ4n) is 1.78. The average molecular weight is 604 g/mol. The molecule has 0 saturated heterocycles. The molecule has 0 amide bonds. The van der Waals surface area contributed by atoms with Crippen molar-refractivity contribution in [1.82, 2.24) is 0 Å². The zero-order valence-electron chi connectivity index (χ0n) is 17.6. The predicted octanol–water partition coefficient (Wildman–Crippen LogP) is 5.05. The molecule has 6 nitrogen and oxygen atoms in total. The summed E-state index contributed by atoms with van der Waals surface area (Å²) in [6, 6.07) is 0. The van der Waals surface area contributed by atoms with Gasteiger partial charge in [0.05, 0.1) is 0 Å². The first-order valence-corrected chi connectivity index (χ1v) is 11.7. The number of hydrogen-bond donors (Lipinski definition) is 0. The summed E-state index contributed by atoms with van der Waals surface area (Å²) >= 11 is 0. The third kappa shape index (κ3) is 19.3. The van der Waals surface area contributed by atoms with E-state index in [1.54, 1.807) is 0 Å². The van der Waals surface area contributed by atoms with Crippen LogP contribution in [0.5, 0.6) is 0 Å². The summed E-state index contributed by atoms with van der Waals surface area (Å²) in [6.07, 6.45) is 22.2. The van der Waals surface area contributed by atoms with Crippen molar-refractivity contribution in [3.63, 3.8) is 0 Å². The molecule has 0 radical (unpaired) electrons. The molecule has 0 fully saturated rings. The van der Waals surface area contributed by atoms with Gasteiger partial charge in [0.25, 0.3) is 0 Å². The van der Waals surface area contributed by atoms with E-state index in [4.69, 9.17) is 25.9 Å². The standard InChI is InChI=1S/2C8H11.2CHF3O3S.Zr/c2*1-2-5-8-6-3-4-7-8;2*2-1(3,4)8(5,6)7;/h2*3,6H,2,4-5H2,1H3;2*(H,5,6,7);/q2*-1;;;+2/p-2. The number of halogens is 6. The Hall–Kier alpha value is -0.757. The van der Waals surface area contributed by atoms with Crippen LogP contribution < -0.4 is 0 Å². The van der Waals surface area contributed by atoms with Gasteiger partial charge >= 0.3 is 37.2 Å². The first-order chi connectivity index (χ1) is 14.4. The molecule has 15 heteroatoms. The average Bonchev–Trinajstić information content (AvgIpc) is 3.27. The van der Waals surface area contributed by atoms with Gasteiger partial charge in [-0.25, -0.2) is 40.1 Å². The topological polar surface area (TPSA) is 114 Å². The molecule has 0 aliphatic heterocycles. The molecule has 2 aliphatic carbocycles. The van der Waals surface area contributed by atoms with E-state index in [9.17, 15) is 26.3 Å². The Kier molecular flexibility index (Phi) is 18.7. The molecule has 0 aromatic heterocycles. The SMILES string of the molecule is CCCC1=[C-]CC=C1.CCCC1=[C-]CC=C1.O=S(=O)([O-])C(F)(F)F.O=S(=O)([O-])C(F)(F)F.[Zr+2]. The summed E-state index contributed by atoms with van der Waals surface area (Å²) < 4.78 is 118. The minimum absolute atomic E-state index is 0. The zero-order chi connectivity index (χ0) is 25.6. The van der Waals surface area contributed by atoms with Crippen LogP contribution in [0.15, 0.2) is 35.5 Å². The minimum atomic E-state index is -6.09. The van der Waals surface area contributed by atoms with Crippen LogP contribution in [0.1, 0.15) is 52.4 Å². The van der Waals surface area contributed by atoms with Gasteiger partial charge in [0, 0.05) is 0 Å². The van der Waals surface area contributed by atoms with E-state index in [2.05, 4.69) is 50.3 Å². The predicted molar refractivity (Wildman–Crippen MR) is 102 cm³/mol. The van der Waals surface area contributed by atoms with Crippen molar-refractivity contribution in [1.29, 1.82) is 0 Å². The number of allylic oxidation sites excluding steroid dienone is 8. The van der Waals surface area contributed by atoms with Crippen LogP contribution in [-0.2, 0) is 46.4 Å². The molecule has 0 unspecified atom stereocenters. The molecular weight excluding hydrogens is 582 g/mol. The van der Waals surface area contributed by atoms with Gasteiger partial charge < -0.3 is 9.11 Å². The number of alkyl halides is 6. The van der Waals surface area contributed by atoms with Gasteiger partial charge in [-0.05, 0) is 0 Å². The number of hydrogen-bond acceptors (Lipinski definition) is 6. The van der Waals surface area contributed by atoms with Gasteiger partial charge in [-0.1, -0.05) is 39.5 Å². The molecule has 0 saturated carbocycles. The Labute approximate surface area is 209 Å². The van der Waals surface area contributed by atoms with Crippen molar-refractivity contribution in [3.8, 4) is 0 Å². The van der Waals surface area contributed by atoms with Crippen LogP contribution in [0.4, 0.5) is 26.3 Å². The van der Waals surface area contributed by atoms with Gasteiger partial charge in [0.2, 0.25) is 0 Å². The maximum absolute atomic E-state index is 10.7. The molecule has 0 spiro atoms. The first-order valence-electron chi connectivity index (χ1n) is 8.93. The van der Waals surface area contributed by atoms with Gasteiger partial charge in [0.15, 0.2) is 20.2 Å². The van der Waals surface area contributed by atoms with E-state index < -0.39 is 31.3 Å². The fraction of sp³-hybridized carbons (Fsp3) is 0.556. The van der Waals surface area contributed by atoms with Crippen molar-refractivity contribution in [2.45, 2.75) is 63.4 Å². The normalized spacial score (nSPS) is 15.0. The third-order valence-corrected chi connectivity index (χ3v) is 4.27. The van der Waals surface area contributed by atoms with Crippen LogP contribution in [0.2, 0.25) is 0 Å². The molecule has 0 heterocycles. The Balaban J connectivity index is -0.000000360. The summed E-state index contributed by atoms with van der Waals surface area (Å²) in [6.45, 7) is 4.39. The van der Waals surface area contributed by atoms with E-state index in [-0.39, 0.29) is 26.2 Å². The molecule has 190 valence electrons. The Morgan fingerprint density at radius 1 is 0.758 bits per heavy atom. The molecule has 0 N–H and O–H groups in total. The Morgan fingerprint density at radius 3 is 1.12 bits per heavy atom. The van der Waals surface area contributed by atoms with Gasteiger partial charge in [-0.15, -0.1) is 12.8 Å². The van der Waals surface area contributed by atoms with Crippen molar-refractivity contribution in [2.24, 2.45) is 0 Å². The molecule has 0 aromatic carbocycles. The van der Waals surface area contributed by atoms with Gasteiger partial charge in [-0.2, -0.15) is 38.5 Å². The van der Waals surface area contributed by atoms with Crippen LogP contribution in [0.3, 0.4) is 0 Å². The van der Waals surface area contributed by atoms with Crippen LogP contribution >= 0.6 is 0 Å². The largest absolute Gasteiger partial charge is 2.00 e. The maximum Gasteiger partial charge on any atom is 2.00 e. The zero-order valence-corrected chi connectivity index (χ0v) is 21.7. The fourth-order valence-corrected chi connectivity index (χ4v) is 1.78. The van der Waals surface area contributed by atoms with E-state index in [0.29, 0.717) is 0 Å². The summed E-state index contributed by atoms with van der Waals surface area (Å²) in [5.41, 5.74) is -8.50. The third-order valence-electron chi connectivity index (χ3n) is 3.14. The second-order valence-electron chi connectivity index (χ2n) is 5.92. The molecule has 0 bridgehead atoms. The quantitative estimate of drug-likeness (QED) is 0.192. The van der Waals surface area contributed by atoms with Crippen LogP contribution in [0.25, 0.3) is 0 Å². The summed E-state index contributed by atoms with van der Waals surface area (Å²) in [7, 11) is -12.2. The maximum atomic E-state index is 10.7. The van der Waals surface area contributed by atoms with Gasteiger partial charge in [-0.3, -0.25) is 12.2 Å². The number of rotatable bonds is 4. The van der Waals surface area contributed by atoms with E-state index >= 15 is 0 Å². The molecule has 0 atom stereocenters. The molecular formula is C18H22F6O6S2Zr-2. The van der Waals surface area contributed by atoms with Crippen LogP contribution in [0, 0.1) is 12.2 Å². The monoisotopic (exact) mass is 602 g/mol. The molecule has 2 aliphatic rings. The smallest absolute Gasteiger partial charge is 0.741 e. The van der Waals surface area contributed by atoms with Gasteiger partial charge in [0.1, 0.15) is 0 Å². The molecule has 2 rings (SSSR count). The van der Waals surface area contributed by atoms with Crippen molar-refractivity contribution >= 4 is 20.2 Å². The summed E-state index contributed by atoms with van der Waals surface area (Å²) in [5.74, 6) is 0. The van der Waals surface area contributed by atoms with E-state index in [1.807, 2.05) is 0 Å². The van der Waals surface area contributed by atoms with E-state index in [0.717, 1.165) is 12.8 Å². The van der Waals surface area contributed by atoms with E-state index in [1.165, 1.54) is 36.8 Å². The van der Waals surface area contributed by atoms with Crippen LogP contribution in [-0.4, -0.2) is 37.0 Å². The summed E-state index contributed by atoms with van der Waals surface area (Å²) in [4.78, 5) is 0. The second-order valence-corrected chi connectivity index (χ2v) is 8.66. The Bertz CT molecular complexity index is 812. The van der Waals surface area contributed by atoms with Crippen molar-refractivity contribution < 1.29 is 78.5 Å². The Morgan fingerprint density at radius 2 is 1.00 bits per heavy atom. The van der Waals surface area contributed by atoms with Crippen molar-refractivity contribution in [2.75, 3.05) is 0 Å². The molecule has 33 heavy (non-hydrogen) atoms. The second kappa shape index (κ2) is 16.8. The molecule has 0 aromatic rings. The summed E-state index contributed by atoms with van der Waals surface area (Å²) in [5, 5.41) is 0. The first kappa shape index (κ1) is 36.8.